The third kappa shape index (κ3) is 4.59. The number of carbonyl (C=O) groups is 2. The van der Waals surface area contributed by atoms with Gasteiger partial charge < -0.3 is 19.9 Å². The van der Waals surface area contributed by atoms with Gasteiger partial charge in [-0.3, -0.25) is 9.59 Å². The van der Waals surface area contributed by atoms with Crippen LogP contribution in [0.1, 0.15) is 33.9 Å². The minimum atomic E-state index is -0.966. The van der Waals surface area contributed by atoms with Crippen molar-refractivity contribution in [3.8, 4) is 5.75 Å². The fourth-order valence-corrected chi connectivity index (χ4v) is 3.45. The van der Waals surface area contributed by atoms with Gasteiger partial charge in [0.05, 0.1) is 29.3 Å². The number of thiazole rings is 1. The summed E-state index contributed by atoms with van der Waals surface area (Å²) in [6, 6.07) is 6.80. The quantitative estimate of drug-likeness (QED) is 0.770. The molecular formula is C18H20N2O5S. The summed E-state index contributed by atoms with van der Waals surface area (Å²) in [5.74, 6) is -0.753. The number of benzene rings is 1. The molecule has 2 N–H and O–H groups in total. The summed E-state index contributed by atoms with van der Waals surface area (Å²) >= 11 is 1.55. The van der Waals surface area contributed by atoms with Crippen molar-refractivity contribution in [3.63, 3.8) is 0 Å². The molecule has 3 rings (SSSR count). The van der Waals surface area contributed by atoms with Gasteiger partial charge in [-0.2, -0.15) is 0 Å². The van der Waals surface area contributed by atoms with Gasteiger partial charge >= 0.3 is 5.97 Å². The van der Waals surface area contributed by atoms with Crippen LogP contribution in [0, 0.1) is 6.92 Å². The van der Waals surface area contributed by atoms with E-state index in [1.54, 1.807) is 35.6 Å². The molecule has 2 aromatic rings. The molecule has 1 aromatic carbocycles. The molecule has 138 valence electrons. The molecule has 2 heterocycles. The molecule has 26 heavy (non-hydrogen) atoms. The lowest BCUT2D eigenvalue weighted by Gasteiger charge is -2.27. The first-order chi connectivity index (χ1) is 12.5. The molecule has 7 nitrogen and oxygen atoms in total. The van der Waals surface area contributed by atoms with Crippen LogP contribution in [0.4, 0.5) is 0 Å². The topological polar surface area (TPSA) is 97.8 Å². The van der Waals surface area contributed by atoms with Gasteiger partial charge in [0.15, 0.2) is 0 Å². The number of carbonyl (C=O) groups excluding carboxylic acids is 1. The zero-order valence-corrected chi connectivity index (χ0v) is 15.2. The van der Waals surface area contributed by atoms with Crippen LogP contribution in [0.15, 0.2) is 29.6 Å². The summed E-state index contributed by atoms with van der Waals surface area (Å²) < 4.78 is 11.0. The molecule has 0 spiro atoms. The van der Waals surface area contributed by atoms with E-state index in [0.717, 1.165) is 10.7 Å². The Bertz CT molecular complexity index is 798. The van der Waals surface area contributed by atoms with Gasteiger partial charge in [0.1, 0.15) is 12.4 Å². The second kappa shape index (κ2) is 7.84. The van der Waals surface area contributed by atoms with Crippen LogP contribution < -0.4 is 10.1 Å². The Kier molecular flexibility index (Phi) is 5.53. The maximum absolute atomic E-state index is 12.6. The molecule has 1 amide bonds. The number of nitrogens with zero attached hydrogens (tertiary/aromatic N) is 1. The Balaban J connectivity index is 1.66. The number of amides is 1. The first-order valence-corrected chi connectivity index (χ1v) is 9.10. The largest absolute Gasteiger partial charge is 0.487 e. The van der Waals surface area contributed by atoms with Crippen molar-refractivity contribution in [2.24, 2.45) is 0 Å². The predicted octanol–water partition coefficient (Wildman–Crippen LogP) is 2.39. The van der Waals surface area contributed by atoms with Crippen LogP contribution in [-0.4, -0.2) is 40.7 Å². The molecule has 0 aliphatic carbocycles. The second-order valence-electron chi connectivity index (χ2n) is 6.28. The zero-order chi connectivity index (χ0) is 18.6. The molecule has 8 heteroatoms. The molecule has 1 aliphatic heterocycles. The van der Waals surface area contributed by atoms with E-state index >= 15 is 0 Å². The van der Waals surface area contributed by atoms with Gasteiger partial charge in [-0.1, -0.05) is 6.07 Å². The highest BCUT2D eigenvalue weighted by atomic mass is 32.1. The molecule has 0 radical (unpaired) electrons. The lowest BCUT2D eigenvalue weighted by Crippen LogP contribution is -2.50. The molecule has 1 saturated heterocycles. The van der Waals surface area contributed by atoms with E-state index in [4.69, 9.17) is 14.6 Å². The standard InChI is InChI=1S/C18H20N2O5S/c1-12-19-14(10-26-12)9-25-15-4-2-3-13(7-15)17(23)20-18(8-16(21)22)5-6-24-11-18/h2-4,7,10H,5-6,8-9,11H2,1H3,(H,20,23)(H,21,22). The third-order valence-electron chi connectivity index (χ3n) is 4.12. The highest BCUT2D eigenvalue weighted by molar-refractivity contribution is 7.09. The number of nitrogens with one attached hydrogen (secondary N) is 1. The van der Waals surface area contributed by atoms with E-state index in [2.05, 4.69) is 10.3 Å². The van der Waals surface area contributed by atoms with Gasteiger partial charge in [0.25, 0.3) is 5.91 Å². The number of carboxylic acids is 1. The number of hydrogen-bond donors (Lipinski definition) is 2. The minimum Gasteiger partial charge on any atom is -0.487 e. The van der Waals surface area contributed by atoms with Crippen LogP contribution in [-0.2, 0) is 16.1 Å². The summed E-state index contributed by atoms with van der Waals surface area (Å²) in [7, 11) is 0. The van der Waals surface area contributed by atoms with Crippen molar-refractivity contribution >= 4 is 23.2 Å². The molecule has 1 unspecified atom stereocenters. The molecule has 0 bridgehead atoms. The Morgan fingerprint density at radius 1 is 1.46 bits per heavy atom. The number of aromatic nitrogens is 1. The van der Waals surface area contributed by atoms with E-state index in [-0.39, 0.29) is 18.9 Å². The monoisotopic (exact) mass is 376 g/mol. The molecule has 0 saturated carbocycles. The Morgan fingerprint density at radius 3 is 2.96 bits per heavy atom. The Hall–Kier alpha value is -2.45. The Labute approximate surface area is 155 Å². The lowest BCUT2D eigenvalue weighted by molar-refractivity contribution is -0.138. The predicted molar refractivity (Wildman–Crippen MR) is 95.5 cm³/mol. The van der Waals surface area contributed by atoms with Gasteiger partial charge in [0, 0.05) is 17.6 Å². The number of carboxylic acid groups (broad SMARTS) is 1. The van der Waals surface area contributed by atoms with Gasteiger partial charge in [-0.15, -0.1) is 11.3 Å². The second-order valence-corrected chi connectivity index (χ2v) is 7.34. The molecular weight excluding hydrogens is 356 g/mol. The van der Waals surface area contributed by atoms with Crippen molar-refractivity contribution in [1.29, 1.82) is 0 Å². The summed E-state index contributed by atoms with van der Waals surface area (Å²) in [5.41, 5.74) is 0.386. The highest BCUT2D eigenvalue weighted by Crippen LogP contribution is 2.24. The minimum absolute atomic E-state index is 0.169. The van der Waals surface area contributed by atoms with Gasteiger partial charge in [0.2, 0.25) is 0 Å². The van der Waals surface area contributed by atoms with Crippen LogP contribution in [0.25, 0.3) is 0 Å². The number of aryl methyl sites for hydroxylation is 1. The average molecular weight is 376 g/mol. The van der Waals surface area contributed by atoms with E-state index in [1.165, 1.54) is 0 Å². The summed E-state index contributed by atoms with van der Waals surface area (Å²) in [6.45, 7) is 2.89. The van der Waals surface area contributed by atoms with Crippen LogP contribution >= 0.6 is 11.3 Å². The van der Waals surface area contributed by atoms with Crippen LogP contribution in [0.2, 0.25) is 0 Å². The van der Waals surface area contributed by atoms with Gasteiger partial charge in [-0.25, -0.2) is 4.98 Å². The summed E-state index contributed by atoms with van der Waals surface area (Å²) in [6.07, 6.45) is 0.308. The molecule has 1 aromatic heterocycles. The zero-order valence-electron chi connectivity index (χ0n) is 14.4. The fourth-order valence-electron chi connectivity index (χ4n) is 2.85. The lowest BCUT2D eigenvalue weighted by atomic mass is 9.93. The normalized spacial score (nSPS) is 19.3. The maximum Gasteiger partial charge on any atom is 0.305 e. The summed E-state index contributed by atoms with van der Waals surface area (Å²) in [5, 5.41) is 14.9. The van der Waals surface area contributed by atoms with Crippen molar-refractivity contribution in [2.45, 2.75) is 31.9 Å². The number of hydrogen-bond acceptors (Lipinski definition) is 6. The smallest absolute Gasteiger partial charge is 0.305 e. The Morgan fingerprint density at radius 2 is 2.31 bits per heavy atom. The van der Waals surface area contributed by atoms with E-state index in [9.17, 15) is 9.59 Å². The molecule has 1 fully saturated rings. The maximum atomic E-state index is 12.6. The first kappa shape index (κ1) is 18.3. The van der Waals surface area contributed by atoms with E-state index in [0.29, 0.717) is 30.9 Å². The van der Waals surface area contributed by atoms with Crippen molar-refractivity contribution < 1.29 is 24.2 Å². The molecule has 1 aliphatic rings. The molecule has 1 atom stereocenters. The number of rotatable bonds is 7. The van der Waals surface area contributed by atoms with Crippen molar-refractivity contribution in [3.05, 3.63) is 45.9 Å². The number of ether oxygens (including phenoxy) is 2. The van der Waals surface area contributed by atoms with E-state index < -0.39 is 11.5 Å². The fraction of sp³-hybridized carbons (Fsp3) is 0.389. The number of aliphatic carboxylic acids is 1. The van der Waals surface area contributed by atoms with Crippen LogP contribution in [0.5, 0.6) is 5.75 Å². The van der Waals surface area contributed by atoms with Crippen LogP contribution in [0.3, 0.4) is 0 Å². The average Bonchev–Trinajstić information content (AvgIpc) is 3.22. The third-order valence-corrected chi connectivity index (χ3v) is 4.94. The SMILES string of the molecule is Cc1nc(COc2cccc(C(=O)NC3(CC(=O)O)CCOC3)c2)cs1. The summed E-state index contributed by atoms with van der Waals surface area (Å²) in [4.78, 5) is 28.0. The van der Waals surface area contributed by atoms with E-state index in [1.807, 2.05) is 12.3 Å². The van der Waals surface area contributed by atoms with Crippen molar-refractivity contribution in [2.75, 3.05) is 13.2 Å². The highest BCUT2D eigenvalue weighted by Gasteiger charge is 2.38. The van der Waals surface area contributed by atoms with Gasteiger partial charge in [-0.05, 0) is 31.5 Å². The first-order valence-electron chi connectivity index (χ1n) is 8.22. The van der Waals surface area contributed by atoms with Crippen molar-refractivity contribution in [1.82, 2.24) is 10.3 Å².